The third-order valence-electron chi connectivity index (χ3n) is 4.01. The lowest BCUT2D eigenvalue weighted by molar-refractivity contribution is 0.705. The zero-order valence-corrected chi connectivity index (χ0v) is 14.5. The minimum absolute atomic E-state index is 0.317. The molecule has 0 saturated heterocycles. The second kappa shape index (κ2) is 5.98. The summed E-state index contributed by atoms with van der Waals surface area (Å²) in [6.45, 7) is 0. The van der Waals surface area contributed by atoms with E-state index in [1.54, 1.807) is 25.7 Å². The first kappa shape index (κ1) is 17.1. The third-order valence-corrected chi connectivity index (χ3v) is 4.01. The largest absolute Gasteiger partial charge is 0.339 e. The van der Waals surface area contributed by atoms with Crippen molar-refractivity contribution in [2.24, 2.45) is 28.2 Å². The monoisotopic (exact) mass is 360 g/mol. The van der Waals surface area contributed by atoms with Crippen LogP contribution in [0.3, 0.4) is 0 Å². The standard InChI is InChI=1S/C8H10N4O2.C6H6N4O2/c1-10-4-9-6-5(10)7(13)12(3)8(14)11(6)2;1-10-4-3(7-2-8-4)5(11)9-6(10)12/h4H,1-3H3;2H,1H3,(H,7,8)(H,9,11,12). The molecule has 0 aliphatic carbocycles. The smallest absolute Gasteiger partial charge is 0.332 e. The van der Waals surface area contributed by atoms with E-state index in [-0.39, 0.29) is 11.2 Å². The number of hydrogen-bond acceptors (Lipinski definition) is 6. The second-order valence-corrected chi connectivity index (χ2v) is 5.65. The summed E-state index contributed by atoms with van der Waals surface area (Å²) in [7, 11) is 6.32. The van der Waals surface area contributed by atoms with Crippen LogP contribution in [0, 0.1) is 0 Å². The Bertz CT molecular complexity index is 1360. The van der Waals surface area contributed by atoms with Crippen LogP contribution in [0.5, 0.6) is 0 Å². The van der Waals surface area contributed by atoms with Crippen molar-refractivity contribution in [1.82, 2.24) is 38.2 Å². The van der Waals surface area contributed by atoms with Gasteiger partial charge in [0.15, 0.2) is 16.8 Å². The first-order valence-corrected chi connectivity index (χ1v) is 7.43. The molecule has 26 heavy (non-hydrogen) atoms. The summed E-state index contributed by atoms with van der Waals surface area (Å²) in [5.74, 6) is 0. The molecule has 0 atom stereocenters. The number of rotatable bonds is 0. The van der Waals surface area contributed by atoms with Crippen molar-refractivity contribution in [3.05, 3.63) is 54.3 Å². The summed E-state index contributed by atoms with van der Waals surface area (Å²) < 4.78 is 5.31. The average Bonchev–Trinajstić information content (AvgIpc) is 3.24. The molecule has 12 heteroatoms. The lowest BCUT2D eigenvalue weighted by atomic mass is 10.5. The molecule has 2 N–H and O–H groups in total. The molecule has 0 aromatic carbocycles. The summed E-state index contributed by atoms with van der Waals surface area (Å²) in [6.07, 6.45) is 2.89. The molecule has 0 spiro atoms. The van der Waals surface area contributed by atoms with E-state index in [2.05, 4.69) is 19.9 Å². The Morgan fingerprint density at radius 2 is 1.58 bits per heavy atom. The van der Waals surface area contributed by atoms with Gasteiger partial charge in [-0.25, -0.2) is 19.6 Å². The summed E-state index contributed by atoms with van der Waals surface area (Å²) in [4.78, 5) is 57.8. The van der Waals surface area contributed by atoms with Gasteiger partial charge < -0.3 is 9.55 Å². The van der Waals surface area contributed by atoms with Crippen LogP contribution in [0.4, 0.5) is 0 Å². The van der Waals surface area contributed by atoms with Gasteiger partial charge in [0.25, 0.3) is 11.1 Å². The van der Waals surface area contributed by atoms with E-state index < -0.39 is 11.2 Å². The Kier molecular flexibility index (Phi) is 3.94. The highest BCUT2D eigenvalue weighted by atomic mass is 16.2. The Balaban J connectivity index is 0.000000152. The topological polar surface area (TPSA) is 145 Å². The number of fused-ring (bicyclic) bond motifs is 2. The van der Waals surface area contributed by atoms with Gasteiger partial charge in [-0.1, -0.05) is 0 Å². The van der Waals surface area contributed by atoms with Crippen molar-refractivity contribution in [2.75, 3.05) is 0 Å². The maximum Gasteiger partial charge on any atom is 0.332 e. The molecular formula is C14H16N8O4. The van der Waals surface area contributed by atoms with E-state index in [1.165, 1.54) is 28.8 Å². The van der Waals surface area contributed by atoms with Gasteiger partial charge in [0, 0.05) is 28.2 Å². The average molecular weight is 360 g/mol. The van der Waals surface area contributed by atoms with Crippen LogP contribution < -0.4 is 22.5 Å². The fourth-order valence-electron chi connectivity index (χ4n) is 2.52. The molecule has 0 fully saturated rings. The van der Waals surface area contributed by atoms with Crippen molar-refractivity contribution >= 4 is 22.3 Å². The van der Waals surface area contributed by atoms with E-state index in [0.717, 1.165) is 4.57 Å². The summed E-state index contributed by atoms with van der Waals surface area (Å²) in [5, 5.41) is 0. The van der Waals surface area contributed by atoms with Crippen molar-refractivity contribution in [2.45, 2.75) is 0 Å². The number of H-pyrrole nitrogens is 2. The number of aryl methyl sites for hydroxylation is 3. The minimum atomic E-state index is -0.459. The first-order chi connectivity index (χ1) is 12.2. The highest BCUT2D eigenvalue weighted by Crippen LogP contribution is 2.01. The van der Waals surface area contributed by atoms with E-state index in [4.69, 9.17) is 0 Å². The lowest BCUT2D eigenvalue weighted by Crippen LogP contribution is -2.37. The van der Waals surface area contributed by atoms with E-state index >= 15 is 0 Å². The number of hydrogen-bond donors (Lipinski definition) is 2. The van der Waals surface area contributed by atoms with E-state index in [1.807, 2.05) is 0 Å². The quantitative estimate of drug-likeness (QED) is 0.368. The highest BCUT2D eigenvalue weighted by molar-refractivity contribution is 5.69. The lowest BCUT2D eigenvalue weighted by Gasteiger charge is -2.02. The molecule has 0 bridgehead atoms. The maximum atomic E-state index is 11.7. The summed E-state index contributed by atoms with van der Waals surface area (Å²) in [5.41, 5.74) is -0.0365. The van der Waals surface area contributed by atoms with Gasteiger partial charge in [-0.05, 0) is 0 Å². The molecule has 0 saturated carbocycles. The fourth-order valence-corrected chi connectivity index (χ4v) is 2.52. The molecule has 4 rings (SSSR count). The van der Waals surface area contributed by atoms with Crippen LogP contribution in [0.15, 0.2) is 31.8 Å². The zero-order valence-electron chi connectivity index (χ0n) is 14.5. The zero-order chi connectivity index (χ0) is 19.2. The Hall–Kier alpha value is -3.70. The van der Waals surface area contributed by atoms with Crippen LogP contribution in [-0.4, -0.2) is 38.2 Å². The number of nitrogens with one attached hydrogen (secondary N) is 2. The molecule has 0 aliphatic heterocycles. The molecule has 0 radical (unpaired) electrons. The summed E-state index contributed by atoms with van der Waals surface area (Å²) in [6, 6.07) is 0. The van der Waals surface area contributed by atoms with Gasteiger partial charge in [-0.3, -0.25) is 28.3 Å². The van der Waals surface area contributed by atoms with Crippen LogP contribution in [0.25, 0.3) is 22.3 Å². The maximum absolute atomic E-state index is 11.7. The van der Waals surface area contributed by atoms with E-state index in [9.17, 15) is 19.2 Å². The molecule has 136 valence electrons. The number of nitrogens with zero attached hydrogens (tertiary/aromatic N) is 6. The van der Waals surface area contributed by atoms with Crippen molar-refractivity contribution in [1.29, 1.82) is 0 Å². The third kappa shape index (κ3) is 2.47. The summed E-state index contributed by atoms with van der Waals surface area (Å²) >= 11 is 0. The van der Waals surface area contributed by atoms with Gasteiger partial charge >= 0.3 is 11.4 Å². The second-order valence-electron chi connectivity index (χ2n) is 5.65. The Labute approximate surface area is 144 Å². The molecule has 4 aromatic rings. The van der Waals surface area contributed by atoms with Crippen LogP contribution >= 0.6 is 0 Å². The predicted molar refractivity (Wildman–Crippen MR) is 93.2 cm³/mol. The van der Waals surface area contributed by atoms with Crippen molar-refractivity contribution in [3.8, 4) is 0 Å². The fraction of sp³-hybridized carbons (Fsp3) is 0.286. The SMILES string of the molecule is Cn1c(=O)[nH]c(=O)c2[nH]cnc21.Cn1c(=O)c2c(ncn2C)n(C)c1=O. The highest BCUT2D eigenvalue weighted by Gasteiger charge is 2.11. The number of imidazole rings is 2. The van der Waals surface area contributed by atoms with Crippen molar-refractivity contribution < 1.29 is 0 Å². The normalized spacial score (nSPS) is 10.9. The number of aromatic nitrogens is 8. The van der Waals surface area contributed by atoms with Crippen LogP contribution in [0.2, 0.25) is 0 Å². The Morgan fingerprint density at radius 1 is 0.885 bits per heavy atom. The van der Waals surface area contributed by atoms with Gasteiger partial charge in [0.2, 0.25) is 0 Å². The first-order valence-electron chi connectivity index (χ1n) is 7.43. The van der Waals surface area contributed by atoms with Gasteiger partial charge in [0.1, 0.15) is 5.52 Å². The predicted octanol–water partition coefficient (Wildman–Crippen LogP) is -2.08. The van der Waals surface area contributed by atoms with Crippen LogP contribution in [-0.2, 0) is 28.2 Å². The molecule has 4 heterocycles. The molecule has 4 aromatic heterocycles. The molecule has 12 nitrogen and oxygen atoms in total. The number of aromatic amines is 2. The van der Waals surface area contributed by atoms with Gasteiger partial charge in [-0.2, -0.15) is 0 Å². The van der Waals surface area contributed by atoms with Gasteiger partial charge in [0.05, 0.1) is 12.7 Å². The Morgan fingerprint density at radius 3 is 2.27 bits per heavy atom. The van der Waals surface area contributed by atoms with Crippen LogP contribution in [0.1, 0.15) is 0 Å². The minimum Gasteiger partial charge on any atom is -0.339 e. The molecule has 0 aliphatic rings. The van der Waals surface area contributed by atoms with E-state index in [0.29, 0.717) is 22.3 Å². The van der Waals surface area contributed by atoms with Crippen molar-refractivity contribution in [3.63, 3.8) is 0 Å². The molecular weight excluding hydrogens is 344 g/mol. The molecule has 0 amide bonds. The van der Waals surface area contributed by atoms with Gasteiger partial charge in [-0.15, -0.1) is 0 Å². The molecule has 0 unspecified atom stereocenters.